The largest absolute Gasteiger partial charge is 0.478 e. The minimum Gasteiger partial charge on any atom is -0.394 e. The molecular weight excluding hydrogens is 342 g/mol. The molecule has 0 aromatic heterocycles. The summed E-state index contributed by atoms with van der Waals surface area (Å²) >= 11 is 0. The molecule has 5 atom stereocenters. The summed E-state index contributed by atoms with van der Waals surface area (Å²) in [5, 5.41) is 44.7. The van der Waals surface area contributed by atoms with Crippen LogP contribution >= 0.6 is 15.6 Å². The van der Waals surface area contributed by atoms with E-state index in [-0.39, 0.29) is 0 Å². The fourth-order valence-electron chi connectivity index (χ4n) is 1.22. The van der Waals surface area contributed by atoms with Crippen molar-refractivity contribution in [3.05, 3.63) is 0 Å². The Labute approximate surface area is 117 Å². The molecule has 0 radical (unpaired) electrons. The van der Waals surface area contributed by atoms with Gasteiger partial charge >= 0.3 is 15.6 Å². The van der Waals surface area contributed by atoms with Gasteiger partial charge in [-0.3, -0.25) is 0 Å². The Balaban J connectivity index is 0.000000400. The number of ether oxygens (including phenoxy) is 1. The second-order valence-corrected chi connectivity index (χ2v) is 6.40. The molecule has 1 aliphatic heterocycles. The van der Waals surface area contributed by atoms with Crippen LogP contribution in [0.1, 0.15) is 0 Å². The van der Waals surface area contributed by atoms with Crippen molar-refractivity contribution in [3.8, 4) is 0 Å². The van der Waals surface area contributed by atoms with Crippen LogP contribution < -0.4 is 0 Å². The molecule has 0 aliphatic carbocycles. The molecule has 9 N–H and O–H groups in total. The Morgan fingerprint density at radius 3 is 1.57 bits per heavy atom. The van der Waals surface area contributed by atoms with Gasteiger partial charge in [0.05, 0.1) is 6.61 Å². The van der Waals surface area contributed by atoms with Gasteiger partial charge in [-0.05, 0) is 0 Å². The Hall–Kier alpha value is 0.0200. The molecule has 0 aromatic carbocycles. The highest BCUT2D eigenvalue weighted by molar-refractivity contribution is 7.60. The second-order valence-electron chi connectivity index (χ2n) is 3.78. The minimum atomic E-state index is -5.05. The SMILES string of the molecule is O=P(O)(O)OP(=O)(O)O.OC[C@H]1O[C@H](O)[C@H](O)[C@@H](O)[C@@H]1O. The van der Waals surface area contributed by atoms with E-state index in [4.69, 9.17) is 45.1 Å². The maximum Gasteiger partial charge on any atom is 0.478 e. The van der Waals surface area contributed by atoms with E-state index in [0.717, 1.165) is 0 Å². The van der Waals surface area contributed by atoms with Gasteiger partial charge in [-0.1, -0.05) is 0 Å². The van der Waals surface area contributed by atoms with E-state index in [9.17, 15) is 9.13 Å². The topological polar surface area (TPSA) is 235 Å². The van der Waals surface area contributed by atoms with Crippen LogP contribution in [0.5, 0.6) is 0 Å². The first-order chi connectivity index (χ1) is 9.28. The quantitative estimate of drug-likeness (QED) is 0.219. The lowest BCUT2D eigenvalue weighted by Crippen LogP contribution is -2.58. The number of hydrogen-bond donors (Lipinski definition) is 9. The van der Waals surface area contributed by atoms with Crippen molar-refractivity contribution in [2.75, 3.05) is 6.61 Å². The van der Waals surface area contributed by atoms with Crippen LogP contribution in [-0.4, -0.2) is 82.4 Å². The molecule has 1 aliphatic rings. The normalized spacial score (nSPS) is 34.0. The highest BCUT2D eigenvalue weighted by Gasteiger charge is 2.42. The predicted molar refractivity (Wildman–Crippen MR) is 61.2 cm³/mol. The smallest absolute Gasteiger partial charge is 0.394 e. The van der Waals surface area contributed by atoms with E-state index in [1.165, 1.54) is 0 Å². The summed E-state index contributed by atoms with van der Waals surface area (Å²) in [5.74, 6) is 0. The summed E-state index contributed by atoms with van der Waals surface area (Å²) < 4.78 is 26.8. The third-order valence-electron chi connectivity index (χ3n) is 2.08. The van der Waals surface area contributed by atoms with E-state index in [2.05, 4.69) is 9.05 Å². The first-order valence-corrected chi connectivity index (χ1v) is 8.15. The molecule has 1 rings (SSSR count). The standard InChI is InChI=1S/C6H12O6.H4O7P2/c7-1-2-3(8)4(9)5(10)6(11)12-2;1-8(2,3)7-9(4,5)6/h2-11H,1H2;(H2,1,2,3)(H2,4,5,6)/t2-,3-,4+,5-,6+;/m1./s1. The summed E-state index contributed by atoms with van der Waals surface area (Å²) in [6.07, 6.45) is -7.04. The van der Waals surface area contributed by atoms with E-state index < -0.39 is 53.0 Å². The fraction of sp³-hybridized carbons (Fsp3) is 1.00. The molecule has 0 bridgehead atoms. The predicted octanol–water partition coefficient (Wildman–Crippen LogP) is -4.03. The Kier molecular flexibility index (Phi) is 8.04. The van der Waals surface area contributed by atoms with E-state index in [1.54, 1.807) is 0 Å². The Morgan fingerprint density at radius 1 is 0.857 bits per heavy atom. The van der Waals surface area contributed by atoms with Gasteiger partial charge in [-0.25, -0.2) is 9.13 Å². The molecule has 0 saturated carbocycles. The van der Waals surface area contributed by atoms with Crippen LogP contribution in [0.2, 0.25) is 0 Å². The van der Waals surface area contributed by atoms with Crippen LogP contribution in [0.15, 0.2) is 0 Å². The fourth-order valence-corrected chi connectivity index (χ4v) is 2.33. The van der Waals surface area contributed by atoms with Crippen molar-refractivity contribution < 1.29 is 63.3 Å². The van der Waals surface area contributed by atoms with Crippen molar-refractivity contribution in [2.24, 2.45) is 0 Å². The number of hydrogen-bond acceptors (Lipinski definition) is 9. The lowest BCUT2D eigenvalue weighted by atomic mass is 10.00. The van der Waals surface area contributed by atoms with Gasteiger partial charge in [0.15, 0.2) is 6.29 Å². The third-order valence-corrected chi connectivity index (χ3v) is 3.78. The van der Waals surface area contributed by atoms with Gasteiger partial charge in [0.2, 0.25) is 0 Å². The average Bonchev–Trinajstić information content (AvgIpc) is 2.27. The molecule has 0 unspecified atom stereocenters. The number of aliphatic hydroxyl groups is 5. The highest BCUT2D eigenvalue weighted by atomic mass is 31.3. The zero-order valence-corrected chi connectivity index (χ0v) is 11.9. The number of phosphoric acid groups is 2. The van der Waals surface area contributed by atoms with Crippen molar-refractivity contribution in [3.63, 3.8) is 0 Å². The minimum absolute atomic E-state index is 0.526. The summed E-state index contributed by atoms with van der Waals surface area (Å²) in [4.78, 5) is 31.0. The first kappa shape index (κ1) is 21.0. The number of rotatable bonds is 3. The summed E-state index contributed by atoms with van der Waals surface area (Å²) in [5.41, 5.74) is 0. The second kappa shape index (κ2) is 8.04. The Morgan fingerprint density at radius 2 is 1.29 bits per heavy atom. The van der Waals surface area contributed by atoms with E-state index >= 15 is 0 Å². The first-order valence-electron chi connectivity index (χ1n) is 5.09. The van der Waals surface area contributed by atoms with Gasteiger partial charge < -0.3 is 49.8 Å². The summed E-state index contributed by atoms with van der Waals surface area (Å²) in [6.45, 7) is -0.526. The molecule has 15 heteroatoms. The van der Waals surface area contributed by atoms with Crippen LogP contribution in [-0.2, 0) is 18.2 Å². The molecule has 1 saturated heterocycles. The van der Waals surface area contributed by atoms with Crippen molar-refractivity contribution in [1.29, 1.82) is 0 Å². The highest BCUT2D eigenvalue weighted by Crippen LogP contribution is 2.53. The summed E-state index contributed by atoms with van der Waals surface area (Å²) in [6, 6.07) is 0. The molecule has 1 fully saturated rings. The number of aliphatic hydroxyl groups excluding tert-OH is 5. The van der Waals surface area contributed by atoms with Gasteiger partial charge in [0.1, 0.15) is 24.4 Å². The maximum atomic E-state index is 9.63. The third kappa shape index (κ3) is 8.28. The van der Waals surface area contributed by atoms with Gasteiger partial charge in [-0.15, -0.1) is 0 Å². The summed E-state index contributed by atoms with van der Waals surface area (Å²) in [7, 11) is -10.1. The molecular formula is C6H16O13P2. The molecule has 21 heavy (non-hydrogen) atoms. The van der Waals surface area contributed by atoms with E-state index in [0.29, 0.717) is 0 Å². The molecule has 0 aromatic rings. The van der Waals surface area contributed by atoms with Crippen LogP contribution in [0.25, 0.3) is 0 Å². The van der Waals surface area contributed by atoms with Crippen LogP contribution in [0, 0.1) is 0 Å². The van der Waals surface area contributed by atoms with E-state index in [1.807, 2.05) is 0 Å². The monoisotopic (exact) mass is 358 g/mol. The lowest BCUT2D eigenvalue weighted by molar-refractivity contribution is -0.286. The molecule has 13 nitrogen and oxygen atoms in total. The van der Waals surface area contributed by atoms with Crippen molar-refractivity contribution >= 4 is 15.6 Å². The van der Waals surface area contributed by atoms with Gasteiger partial charge in [0.25, 0.3) is 0 Å². The van der Waals surface area contributed by atoms with Crippen LogP contribution in [0.4, 0.5) is 0 Å². The van der Waals surface area contributed by atoms with Gasteiger partial charge in [-0.2, -0.15) is 4.31 Å². The molecule has 1 heterocycles. The van der Waals surface area contributed by atoms with Crippen molar-refractivity contribution in [1.82, 2.24) is 0 Å². The zero-order chi connectivity index (χ0) is 17.0. The molecule has 0 spiro atoms. The molecule has 0 amide bonds. The maximum absolute atomic E-state index is 9.63. The lowest BCUT2D eigenvalue weighted by Gasteiger charge is -2.37. The zero-order valence-electron chi connectivity index (χ0n) is 10.1. The Bertz CT molecular complexity index is 377. The molecule has 128 valence electrons. The average molecular weight is 358 g/mol. The van der Waals surface area contributed by atoms with Crippen molar-refractivity contribution in [2.45, 2.75) is 30.7 Å². The van der Waals surface area contributed by atoms with Gasteiger partial charge in [0, 0.05) is 0 Å². The van der Waals surface area contributed by atoms with Crippen LogP contribution in [0.3, 0.4) is 0 Å².